The van der Waals surface area contributed by atoms with Gasteiger partial charge in [-0.25, -0.2) is 0 Å². The highest BCUT2D eigenvalue weighted by Gasteiger charge is 2.33. The summed E-state index contributed by atoms with van der Waals surface area (Å²) < 4.78 is 5.54. The molecule has 1 aliphatic rings. The summed E-state index contributed by atoms with van der Waals surface area (Å²) in [6.45, 7) is 1.35. The van der Waals surface area contributed by atoms with Gasteiger partial charge in [-0.15, -0.1) is 0 Å². The first kappa shape index (κ1) is 17.8. The maximum absolute atomic E-state index is 12.5. The first-order valence-corrected chi connectivity index (χ1v) is 8.21. The summed E-state index contributed by atoms with van der Waals surface area (Å²) in [6, 6.07) is 11.2. The molecule has 0 bridgehead atoms. The number of carbonyl (C=O) groups excluding carboxylic acids is 3. The smallest absolute Gasteiger partial charge is 0.268 e. The van der Waals surface area contributed by atoms with Crippen LogP contribution in [0.4, 0.5) is 11.4 Å². The number of benzene rings is 2. The van der Waals surface area contributed by atoms with Crippen molar-refractivity contribution in [1.82, 2.24) is 0 Å². The van der Waals surface area contributed by atoms with Crippen molar-refractivity contribution in [2.24, 2.45) is 5.73 Å². The fourth-order valence-electron chi connectivity index (χ4n) is 2.68. The van der Waals surface area contributed by atoms with Gasteiger partial charge in [0.2, 0.25) is 5.91 Å². The molecule has 3 N–H and O–H groups in total. The maximum Gasteiger partial charge on any atom is 0.268 e. The number of primary amides is 1. The van der Waals surface area contributed by atoms with E-state index in [-0.39, 0.29) is 23.7 Å². The van der Waals surface area contributed by atoms with Crippen molar-refractivity contribution < 1.29 is 19.1 Å². The second-order valence-electron chi connectivity index (χ2n) is 5.75. The standard InChI is InChI=1S/C18H16ClN3O4/c1-10-18(25)22(14-8-11(19)6-7-15(14)26-10)9-16(23)21-13-5-3-2-4-12(13)17(20)24/h2-8,10H,9H2,1H3,(H2,20,24)(H,21,23). The Hall–Kier alpha value is -3.06. The van der Waals surface area contributed by atoms with Gasteiger partial charge < -0.3 is 15.8 Å². The van der Waals surface area contributed by atoms with Gasteiger partial charge in [0.05, 0.1) is 16.9 Å². The lowest BCUT2D eigenvalue weighted by Crippen LogP contribution is -2.47. The van der Waals surface area contributed by atoms with E-state index in [9.17, 15) is 14.4 Å². The van der Waals surface area contributed by atoms with E-state index in [1.807, 2.05) is 0 Å². The number of anilines is 2. The molecule has 1 unspecified atom stereocenters. The monoisotopic (exact) mass is 373 g/mol. The molecular weight excluding hydrogens is 358 g/mol. The highest BCUT2D eigenvalue weighted by molar-refractivity contribution is 6.31. The predicted molar refractivity (Wildman–Crippen MR) is 97.5 cm³/mol. The minimum Gasteiger partial charge on any atom is -0.479 e. The molecule has 3 rings (SSSR count). The zero-order chi connectivity index (χ0) is 18.8. The molecule has 8 heteroatoms. The van der Waals surface area contributed by atoms with Crippen molar-refractivity contribution in [3.63, 3.8) is 0 Å². The van der Waals surface area contributed by atoms with Crippen LogP contribution in [0, 0.1) is 0 Å². The van der Waals surface area contributed by atoms with Crippen molar-refractivity contribution in [2.45, 2.75) is 13.0 Å². The number of hydrogen-bond acceptors (Lipinski definition) is 4. The van der Waals surface area contributed by atoms with Crippen LogP contribution in [0.25, 0.3) is 0 Å². The molecule has 1 heterocycles. The summed E-state index contributed by atoms with van der Waals surface area (Å²) in [5.41, 5.74) is 6.19. The lowest BCUT2D eigenvalue weighted by atomic mass is 10.1. The molecule has 1 atom stereocenters. The van der Waals surface area contributed by atoms with Gasteiger partial charge in [-0.3, -0.25) is 19.3 Å². The van der Waals surface area contributed by atoms with E-state index in [4.69, 9.17) is 22.1 Å². The summed E-state index contributed by atoms with van der Waals surface area (Å²) in [4.78, 5) is 37.7. The molecule has 134 valence electrons. The number of halogens is 1. The van der Waals surface area contributed by atoms with Crippen molar-refractivity contribution in [3.8, 4) is 5.75 Å². The zero-order valence-electron chi connectivity index (χ0n) is 13.9. The normalized spacial score (nSPS) is 15.8. The summed E-state index contributed by atoms with van der Waals surface area (Å²) in [7, 11) is 0. The van der Waals surface area contributed by atoms with Crippen LogP contribution in [0.15, 0.2) is 42.5 Å². The van der Waals surface area contributed by atoms with E-state index in [2.05, 4.69) is 5.32 Å². The average Bonchev–Trinajstić information content (AvgIpc) is 2.60. The second-order valence-corrected chi connectivity index (χ2v) is 6.19. The summed E-state index contributed by atoms with van der Waals surface area (Å²) in [5, 5.41) is 3.03. The largest absolute Gasteiger partial charge is 0.479 e. The Morgan fingerprint density at radius 2 is 2.00 bits per heavy atom. The summed E-state index contributed by atoms with van der Waals surface area (Å²) in [6.07, 6.45) is -0.727. The third-order valence-corrected chi connectivity index (χ3v) is 4.13. The van der Waals surface area contributed by atoms with Crippen molar-refractivity contribution in [1.29, 1.82) is 0 Å². The number of fused-ring (bicyclic) bond motifs is 1. The number of carbonyl (C=O) groups is 3. The lowest BCUT2D eigenvalue weighted by molar-refractivity contribution is -0.127. The zero-order valence-corrected chi connectivity index (χ0v) is 14.6. The number of nitrogens with one attached hydrogen (secondary N) is 1. The van der Waals surface area contributed by atoms with Crippen LogP contribution >= 0.6 is 11.6 Å². The minimum absolute atomic E-state index is 0.186. The Labute approximate surface area is 154 Å². The number of para-hydroxylation sites is 1. The molecule has 0 radical (unpaired) electrons. The van der Waals surface area contributed by atoms with Crippen molar-refractivity contribution >= 4 is 40.7 Å². The van der Waals surface area contributed by atoms with Gasteiger partial charge in [0, 0.05) is 5.02 Å². The molecule has 3 amide bonds. The topological polar surface area (TPSA) is 102 Å². The van der Waals surface area contributed by atoms with E-state index < -0.39 is 17.9 Å². The molecule has 26 heavy (non-hydrogen) atoms. The highest BCUT2D eigenvalue weighted by Crippen LogP contribution is 2.36. The Morgan fingerprint density at radius 1 is 1.27 bits per heavy atom. The Kier molecular flexibility index (Phi) is 4.81. The Balaban J connectivity index is 1.84. The van der Waals surface area contributed by atoms with E-state index in [1.54, 1.807) is 43.3 Å². The molecule has 0 spiro atoms. The summed E-state index contributed by atoms with van der Waals surface area (Å²) >= 11 is 6.00. The molecule has 7 nitrogen and oxygen atoms in total. The molecular formula is C18H16ClN3O4. The molecule has 0 saturated carbocycles. The van der Waals surface area contributed by atoms with E-state index in [0.29, 0.717) is 16.5 Å². The van der Waals surface area contributed by atoms with Crippen LogP contribution in [-0.2, 0) is 9.59 Å². The molecule has 0 saturated heterocycles. The number of ether oxygens (including phenoxy) is 1. The molecule has 1 aliphatic heterocycles. The van der Waals surface area contributed by atoms with Gasteiger partial charge in [0.15, 0.2) is 6.10 Å². The minimum atomic E-state index is -0.727. The number of rotatable bonds is 4. The highest BCUT2D eigenvalue weighted by atomic mass is 35.5. The molecule has 2 aromatic carbocycles. The quantitative estimate of drug-likeness (QED) is 0.857. The molecule has 0 fully saturated rings. The first-order valence-electron chi connectivity index (χ1n) is 7.83. The number of amides is 3. The van der Waals surface area contributed by atoms with Crippen molar-refractivity contribution in [3.05, 3.63) is 53.1 Å². The lowest BCUT2D eigenvalue weighted by Gasteiger charge is -2.32. The van der Waals surface area contributed by atoms with Crippen LogP contribution < -0.4 is 20.7 Å². The van der Waals surface area contributed by atoms with Crippen LogP contribution in [0.3, 0.4) is 0 Å². The number of hydrogen-bond donors (Lipinski definition) is 2. The van der Waals surface area contributed by atoms with Crippen LogP contribution in [-0.4, -0.2) is 30.4 Å². The predicted octanol–water partition coefficient (Wildman–Crippen LogP) is 2.19. The Morgan fingerprint density at radius 3 is 2.73 bits per heavy atom. The van der Waals surface area contributed by atoms with Gasteiger partial charge in [-0.05, 0) is 37.3 Å². The van der Waals surface area contributed by atoms with Gasteiger partial charge in [-0.2, -0.15) is 0 Å². The van der Waals surface area contributed by atoms with Crippen LogP contribution in [0.2, 0.25) is 5.02 Å². The maximum atomic E-state index is 12.5. The van der Waals surface area contributed by atoms with Crippen molar-refractivity contribution in [2.75, 3.05) is 16.8 Å². The van der Waals surface area contributed by atoms with E-state index in [1.165, 1.54) is 11.0 Å². The number of nitrogens with two attached hydrogens (primary N) is 1. The molecule has 2 aromatic rings. The molecule has 0 aromatic heterocycles. The second kappa shape index (κ2) is 7.05. The molecule has 0 aliphatic carbocycles. The van der Waals surface area contributed by atoms with Crippen LogP contribution in [0.1, 0.15) is 17.3 Å². The third kappa shape index (κ3) is 3.48. The SMILES string of the molecule is CC1Oc2ccc(Cl)cc2N(CC(=O)Nc2ccccc2C(N)=O)C1=O. The van der Waals surface area contributed by atoms with Gasteiger partial charge >= 0.3 is 0 Å². The van der Waals surface area contributed by atoms with E-state index >= 15 is 0 Å². The third-order valence-electron chi connectivity index (χ3n) is 3.90. The van der Waals surface area contributed by atoms with Gasteiger partial charge in [0.1, 0.15) is 12.3 Å². The average molecular weight is 374 g/mol. The van der Waals surface area contributed by atoms with E-state index in [0.717, 1.165) is 0 Å². The Bertz CT molecular complexity index is 900. The number of nitrogens with zero attached hydrogens (tertiary/aromatic N) is 1. The van der Waals surface area contributed by atoms with Gasteiger partial charge in [-0.1, -0.05) is 23.7 Å². The van der Waals surface area contributed by atoms with Crippen LogP contribution in [0.5, 0.6) is 5.75 Å². The fraction of sp³-hybridized carbons (Fsp3) is 0.167. The summed E-state index contributed by atoms with van der Waals surface area (Å²) in [5.74, 6) is -1.04. The fourth-order valence-corrected chi connectivity index (χ4v) is 2.85. The first-order chi connectivity index (χ1) is 12.4. The van der Waals surface area contributed by atoms with Gasteiger partial charge in [0.25, 0.3) is 11.8 Å².